The van der Waals surface area contributed by atoms with E-state index in [1.165, 1.54) is 4.68 Å². The molecule has 0 saturated heterocycles. The molecule has 0 atom stereocenters. The van der Waals surface area contributed by atoms with Gasteiger partial charge in [-0.05, 0) is 24.8 Å². The van der Waals surface area contributed by atoms with Crippen LogP contribution in [0.4, 0.5) is 0 Å². The molecule has 0 unspecified atom stereocenters. The SMILES string of the molecule is O=C(O)Cn1cc(CCCCO)cn1. The predicted molar refractivity (Wildman–Crippen MR) is 49.9 cm³/mol. The fourth-order valence-corrected chi connectivity index (χ4v) is 1.20. The molecule has 1 heterocycles. The van der Waals surface area contributed by atoms with Crippen molar-refractivity contribution in [3.63, 3.8) is 0 Å². The van der Waals surface area contributed by atoms with Gasteiger partial charge in [-0.2, -0.15) is 5.10 Å². The van der Waals surface area contributed by atoms with Gasteiger partial charge in [-0.1, -0.05) is 0 Å². The minimum Gasteiger partial charge on any atom is -0.480 e. The number of aliphatic hydroxyl groups is 1. The Morgan fingerprint density at radius 1 is 1.50 bits per heavy atom. The molecule has 0 aliphatic carbocycles. The quantitative estimate of drug-likeness (QED) is 0.644. The van der Waals surface area contributed by atoms with Crippen molar-refractivity contribution in [2.24, 2.45) is 0 Å². The molecular weight excluding hydrogens is 184 g/mol. The van der Waals surface area contributed by atoms with Crippen LogP contribution in [-0.2, 0) is 17.8 Å². The van der Waals surface area contributed by atoms with E-state index in [-0.39, 0.29) is 13.2 Å². The van der Waals surface area contributed by atoms with E-state index >= 15 is 0 Å². The van der Waals surface area contributed by atoms with Gasteiger partial charge >= 0.3 is 5.97 Å². The molecule has 2 N–H and O–H groups in total. The number of aryl methyl sites for hydroxylation is 1. The molecule has 5 nitrogen and oxygen atoms in total. The standard InChI is InChI=1S/C9H14N2O3/c12-4-2-1-3-8-5-10-11(6-8)7-9(13)14/h5-6,12H,1-4,7H2,(H,13,14). The van der Waals surface area contributed by atoms with Gasteiger partial charge in [0.05, 0.1) is 6.20 Å². The van der Waals surface area contributed by atoms with Crippen molar-refractivity contribution in [3.05, 3.63) is 18.0 Å². The molecule has 78 valence electrons. The van der Waals surface area contributed by atoms with E-state index in [1.54, 1.807) is 12.4 Å². The Morgan fingerprint density at radius 3 is 2.93 bits per heavy atom. The highest BCUT2D eigenvalue weighted by Gasteiger charge is 2.01. The minimum atomic E-state index is -0.894. The summed E-state index contributed by atoms with van der Waals surface area (Å²) in [5, 5.41) is 21.0. The molecule has 0 radical (unpaired) electrons. The van der Waals surface area contributed by atoms with Gasteiger partial charge in [-0.3, -0.25) is 9.48 Å². The van der Waals surface area contributed by atoms with Gasteiger partial charge in [0.1, 0.15) is 6.54 Å². The van der Waals surface area contributed by atoms with E-state index in [2.05, 4.69) is 5.10 Å². The smallest absolute Gasteiger partial charge is 0.325 e. The summed E-state index contributed by atoms with van der Waals surface area (Å²) in [6, 6.07) is 0. The molecular formula is C9H14N2O3. The average Bonchev–Trinajstić information content (AvgIpc) is 2.52. The van der Waals surface area contributed by atoms with Crippen molar-refractivity contribution in [1.29, 1.82) is 0 Å². The molecule has 0 aliphatic rings. The molecule has 0 spiro atoms. The summed E-state index contributed by atoms with van der Waals surface area (Å²) < 4.78 is 1.40. The first-order chi connectivity index (χ1) is 6.72. The van der Waals surface area contributed by atoms with E-state index in [1.807, 2.05) is 0 Å². The first-order valence-electron chi connectivity index (χ1n) is 4.56. The molecule has 0 aliphatic heterocycles. The zero-order valence-corrected chi connectivity index (χ0v) is 7.89. The number of aromatic nitrogens is 2. The Bertz CT molecular complexity index is 296. The number of unbranched alkanes of at least 4 members (excludes halogenated alkanes) is 1. The maximum Gasteiger partial charge on any atom is 0.325 e. The normalized spacial score (nSPS) is 10.4. The summed E-state index contributed by atoms with van der Waals surface area (Å²) in [4.78, 5) is 10.3. The molecule has 0 bridgehead atoms. The van der Waals surface area contributed by atoms with Crippen molar-refractivity contribution >= 4 is 5.97 Å². The summed E-state index contributed by atoms with van der Waals surface area (Å²) in [6.07, 6.45) is 5.89. The summed E-state index contributed by atoms with van der Waals surface area (Å²) in [7, 11) is 0. The largest absolute Gasteiger partial charge is 0.480 e. The number of hydrogen-bond donors (Lipinski definition) is 2. The molecule has 0 saturated carbocycles. The van der Waals surface area contributed by atoms with E-state index in [4.69, 9.17) is 10.2 Å². The highest BCUT2D eigenvalue weighted by molar-refractivity contribution is 5.66. The van der Waals surface area contributed by atoms with Gasteiger partial charge in [-0.25, -0.2) is 0 Å². The van der Waals surface area contributed by atoms with Crippen LogP contribution in [0.2, 0.25) is 0 Å². The Kier molecular flexibility index (Phi) is 4.12. The predicted octanol–water partition coefficient (Wildman–Crippen LogP) is 0.283. The van der Waals surface area contributed by atoms with Gasteiger partial charge in [0.25, 0.3) is 0 Å². The summed E-state index contributed by atoms with van der Waals surface area (Å²) in [5.41, 5.74) is 1.01. The van der Waals surface area contributed by atoms with Crippen LogP contribution in [0, 0.1) is 0 Å². The van der Waals surface area contributed by atoms with E-state index in [0.717, 1.165) is 24.8 Å². The number of hydrogen-bond acceptors (Lipinski definition) is 3. The number of carboxylic acid groups (broad SMARTS) is 1. The average molecular weight is 198 g/mol. The van der Waals surface area contributed by atoms with Crippen molar-refractivity contribution in [2.45, 2.75) is 25.8 Å². The van der Waals surface area contributed by atoms with E-state index in [9.17, 15) is 4.79 Å². The second-order valence-electron chi connectivity index (χ2n) is 3.12. The van der Waals surface area contributed by atoms with E-state index in [0.29, 0.717) is 0 Å². The lowest BCUT2D eigenvalue weighted by Gasteiger charge is -1.95. The number of rotatable bonds is 6. The van der Waals surface area contributed by atoms with Gasteiger partial charge in [-0.15, -0.1) is 0 Å². The Balaban J connectivity index is 2.38. The molecule has 0 amide bonds. The number of aliphatic hydroxyl groups excluding tert-OH is 1. The van der Waals surface area contributed by atoms with Crippen LogP contribution in [0.3, 0.4) is 0 Å². The fraction of sp³-hybridized carbons (Fsp3) is 0.556. The molecule has 1 aromatic heterocycles. The minimum absolute atomic E-state index is 0.0972. The monoisotopic (exact) mass is 198 g/mol. The van der Waals surface area contributed by atoms with Crippen molar-refractivity contribution in [2.75, 3.05) is 6.61 Å². The van der Waals surface area contributed by atoms with Crippen LogP contribution >= 0.6 is 0 Å². The maximum atomic E-state index is 10.3. The molecule has 0 fully saturated rings. The van der Waals surface area contributed by atoms with Crippen LogP contribution in [0.25, 0.3) is 0 Å². The maximum absolute atomic E-state index is 10.3. The number of carbonyl (C=O) groups is 1. The van der Waals surface area contributed by atoms with Crippen LogP contribution in [0.15, 0.2) is 12.4 Å². The van der Waals surface area contributed by atoms with Crippen LogP contribution in [0.1, 0.15) is 18.4 Å². The van der Waals surface area contributed by atoms with Crippen LogP contribution in [-0.4, -0.2) is 32.6 Å². The zero-order valence-electron chi connectivity index (χ0n) is 7.89. The topological polar surface area (TPSA) is 75.3 Å². The lowest BCUT2D eigenvalue weighted by atomic mass is 10.2. The highest BCUT2D eigenvalue weighted by atomic mass is 16.4. The second kappa shape index (κ2) is 5.39. The third-order valence-corrected chi connectivity index (χ3v) is 1.86. The zero-order chi connectivity index (χ0) is 10.4. The summed E-state index contributed by atoms with van der Waals surface area (Å²) >= 11 is 0. The molecule has 1 rings (SSSR count). The first-order valence-corrected chi connectivity index (χ1v) is 4.56. The molecule has 1 aromatic rings. The molecule has 14 heavy (non-hydrogen) atoms. The van der Waals surface area contributed by atoms with Crippen molar-refractivity contribution in [1.82, 2.24) is 9.78 Å². The Hall–Kier alpha value is -1.36. The third kappa shape index (κ3) is 3.57. The highest BCUT2D eigenvalue weighted by Crippen LogP contribution is 2.03. The lowest BCUT2D eigenvalue weighted by molar-refractivity contribution is -0.137. The lowest BCUT2D eigenvalue weighted by Crippen LogP contribution is -2.08. The van der Waals surface area contributed by atoms with Gasteiger partial charge in [0.2, 0.25) is 0 Å². The van der Waals surface area contributed by atoms with Gasteiger partial charge in [0.15, 0.2) is 0 Å². The summed E-state index contributed by atoms with van der Waals surface area (Å²) in [6.45, 7) is 0.100. The van der Waals surface area contributed by atoms with Crippen LogP contribution < -0.4 is 0 Å². The Morgan fingerprint density at radius 2 is 2.29 bits per heavy atom. The third-order valence-electron chi connectivity index (χ3n) is 1.86. The van der Waals surface area contributed by atoms with Crippen molar-refractivity contribution < 1.29 is 15.0 Å². The van der Waals surface area contributed by atoms with Gasteiger partial charge in [0, 0.05) is 12.8 Å². The fourth-order valence-electron chi connectivity index (χ4n) is 1.20. The van der Waals surface area contributed by atoms with Crippen LogP contribution in [0.5, 0.6) is 0 Å². The number of aliphatic carboxylic acids is 1. The second-order valence-corrected chi connectivity index (χ2v) is 3.12. The van der Waals surface area contributed by atoms with E-state index < -0.39 is 5.97 Å². The summed E-state index contributed by atoms with van der Waals surface area (Å²) in [5.74, 6) is -0.894. The Labute approximate surface area is 82.0 Å². The van der Waals surface area contributed by atoms with Crippen molar-refractivity contribution in [3.8, 4) is 0 Å². The first kappa shape index (κ1) is 10.7. The number of carboxylic acids is 1. The van der Waals surface area contributed by atoms with Gasteiger partial charge < -0.3 is 10.2 Å². The number of nitrogens with zero attached hydrogens (tertiary/aromatic N) is 2. The molecule has 5 heteroatoms. The molecule has 0 aromatic carbocycles.